The minimum absolute atomic E-state index is 0. The number of anilines is 2. The van der Waals surface area contributed by atoms with E-state index in [4.69, 9.17) is 9.72 Å². The molecule has 2 aromatic rings. The fraction of sp³-hybridized carbons (Fsp3) is 0.524. The summed E-state index contributed by atoms with van der Waals surface area (Å²) in [5.74, 6) is 1.77. The van der Waals surface area contributed by atoms with E-state index in [2.05, 4.69) is 15.3 Å². The first-order valence-electron chi connectivity index (χ1n) is 10.1. The summed E-state index contributed by atoms with van der Waals surface area (Å²) in [7, 11) is 0. The van der Waals surface area contributed by atoms with Gasteiger partial charge in [-0.25, -0.2) is 9.97 Å². The summed E-state index contributed by atoms with van der Waals surface area (Å²) < 4.78 is 5.43. The van der Waals surface area contributed by atoms with Gasteiger partial charge in [-0.15, -0.1) is 0 Å². The van der Waals surface area contributed by atoms with Crippen LogP contribution in [0.3, 0.4) is 0 Å². The molecule has 1 saturated heterocycles. The number of fused-ring (bicyclic) bond motifs is 1. The van der Waals surface area contributed by atoms with Crippen LogP contribution in [-0.2, 0) is 15.1 Å². The zero-order valence-corrected chi connectivity index (χ0v) is 16.9. The molecule has 0 bridgehead atoms. The molecule has 1 amide bonds. The zero-order valence-electron chi connectivity index (χ0n) is 16.9. The van der Waals surface area contributed by atoms with Crippen LogP contribution in [0.4, 0.5) is 11.6 Å². The van der Waals surface area contributed by atoms with Gasteiger partial charge < -0.3 is 15.2 Å². The van der Waals surface area contributed by atoms with Crippen molar-refractivity contribution in [2.24, 2.45) is 5.92 Å². The van der Waals surface area contributed by atoms with Crippen molar-refractivity contribution in [1.82, 2.24) is 15.0 Å². The number of hydrogen-bond donors (Lipinski definition) is 2. The van der Waals surface area contributed by atoms with Crippen molar-refractivity contribution in [3.05, 3.63) is 30.2 Å². The maximum atomic E-state index is 12.6. The standard InChI is InChI=1S/C21H27N5O3.2H2/c1-21(2,28)17-4-3-15(11-22-17)16-12-23-19-20(25-16)26(18(27)13-24-19)8-5-14-6-9-29-10-7-14;;/h3-4,11-12,14,28H,5-10,13H2,1-2H3,(H,23,24);2*1H. The third-order valence-electron chi connectivity index (χ3n) is 5.51. The fourth-order valence-corrected chi connectivity index (χ4v) is 3.69. The minimum Gasteiger partial charge on any atom is -0.384 e. The van der Waals surface area contributed by atoms with E-state index < -0.39 is 5.60 Å². The molecule has 158 valence electrons. The van der Waals surface area contributed by atoms with Gasteiger partial charge in [0.1, 0.15) is 5.60 Å². The van der Waals surface area contributed by atoms with Gasteiger partial charge in [-0.3, -0.25) is 14.7 Å². The molecule has 8 heteroatoms. The van der Waals surface area contributed by atoms with Crippen LogP contribution in [0.25, 0.3) is 11.3 Å². The Morgan fingerprint density at radius 2 is 2.07 bits per heavy atom. The van der Waals surface area contributed by atoms with E-state index >= 15 is 0 Å². The molecule has 2 aromatic heterocycles. The largest absolute Gasteiger partial charge is 0.384 e. The molecule has 4 rings (SSSR count). The SMILES string of the molecule is CC(C)(O)c1ccc(-c2cnc3c(n2)N(CCC2CCOCC2)C(=O)CN3)cn1.[HH].[HH]. The van der Waals surface area contributed by atoms with E-state index in [9.17, 15) is 9.90 Å². The number of ether oxygens (including phenoxy) is 1. The van der Waals surface area contributed by atoms with Gasteiger partial charge >= 0.3 is 0 Å². The summed E-state index contributed by atoms with van der Waals surface area (Å²) in [4.78, 5) is 27.9. The van der Waals surface area contributed by atoms with E-state index in [1.54, 1.807) is 37.2 Å². The van der Waals surface area contributed by atoms with Gasteiger partial charge in [0.05, 0.1) is 24.1 Å². The van der Waals surface area contributed by atoms with E-state index in [0.717, 1.165) is 38.0 Å². The van der Waals surface area contributed by atoms with Crippen molar-refractivity contribution in [1.29, 1.82) is 0 Å². The summed E-state index contributed by atoms with van der Waals surface area (Å²) in [6.07, 6.45) is 6.37. The third-order valence-corrected chi connectivity index (χ3v) is 5.51. The minimum atomic E-state index is -1.00. The van der Waals surface area contributed by atoms with Crippen LogP contribution in [0.2, 0.25) is 0 Å². The van der Waals surface area contributed by atoms with Crippen molar-refractivity contribution in [3.8, 4) is 11.3 Å². The highest BCUT2D eigenvalue weighted by molar-refractivity contribution is 6.00. The molecule has 1 fully saturated rings. The number of hydrogen-bond acceptors (Lipinski definition) is 7. The Morgan fingerprint density at radius 1 is 1.28 bits per heavy atom. The molecule has 2 aliphatic heterocycles. The van der Waals surface area contributed by atoms with Gasteiger partial charge in [-0.05, 0) is 51.2 Å². The first kappa shape index (κ1) is 19.7. The quantitative estimate of drug-likeness (QED) is 0.794. The number of aromatic nitrogens is 3. The molecule has 0 aromatic carbocycles. The number of carbonyl (C=O) groups is 1. The second-order valence-corrected chi connectivity index (χ2v) is 8.16. The molecular weight excluding hydrogens is 370 g/mol. The number of nitrogens with one attached hydrogen (secondary N) is 1. The molecule has 0 unspecified atom stereocenters. The van der Waals surface area contributed by atoms with Crippen LogP contribution in [0.1, 0.15) is 41.7 Å². The van der Waals surface area contributed by atoms with Gasteiger partial charge in [-0.2, -0.15) is 0 Å². The van der Waals surface area contributed by atoms with Gasteiger partial charge in [0.2, 0.25) is 5.91 Å². The zero-order chi connectivity index (χ0) is 20.4. The lowest BCUT2D eigenvalue weighted by Crippen LogP contribution is -2.42. The number of amides is 1. The molecule has 8 nitrogen and oxygen atoms in total. The molecule has 0 aliphatic carbocycles. The van der Waals surface area contributed by atoms with Gasteiger partial charge in [0, 0.05) is 34.4 Å². The van der Waals surface area contributed by atoms with Crippen molar-refractivity contribution in [3.63, 3.8) is 0 Å². The molecule has 2 N–H and O–H groups in total. The Balaban J connectivity index is 0.00000171. The van der Waals surface area contributed by atoms with E-state index in [-0.39, 0.29) is 15.3 Å². The summed E-state index contributed by atoms with van der Waals surface area (Å²) in [5.41, 5.74) is 1.01. The Labute approximate surface area is 173 Å². The second kappa shape index (κ2) is 8.04. The lowest BCUT2D eigenvalue weighted by molar-refractivity contribution is -0.117. The predicted molar refractivity (Wildman–Crippen MR) is 114 cm³/mol. The summed E-state index contributed by atoms with van der Waals surface area (Å²) in [5, 5.41) is 13.1. The van der Waals surface area contributed by atoms with Crippen LogP contribution in [-0.4, -0.2) is 52.3 Å². The molecule has 2 aliphatic rings. The Bertz CT molecular complexity index is 884. The average Bonchev–Trinajstić information content (AvgIpc) is 2.73. The first-order chi connectivity index (χ1) is 13.9. The van der Waals surface area contributed by atoms with Crippen molar-refractivity contribution in [2.45, 2.75) is 38.7 Å². The van der Waals surface area contributed by atoms with E-state index in [0.29, 0.717) is 35.5 Å². The van der Waals surface area contributed by atoms with E-state index in [1.807, 2.05) is 6.07 Å². The summed E-state index contributed by atoms with van der Waals surface area (Å²) in [6.45, 7) is 5.86. The third kappa shape index (κ3) is 4.38. The lowest BCUT2D eigenvalue weighted by Gasteiger charge is -2.30. The summed E-state index contributed by atoms with van der Waals surface area (Å²) >= 11 is 0. The lowest BCUT2D eigenvalue weighted by atomic mass is 9.96. The van der Waals surface area contributed by atoms with Crippen LogP contribution in [0, 0.1) is 5.92 Å². The van der Waals surface area contributed by atoms with Crippen molar-refractivity contribution >= 4 is 17.5 Å². The Kier molecular flexibility index (Phi) is 5.47. The smallest absolute Gasteiger partial charge is 0.247 e. The number of aliphatic hydroxyl groups is 1. The number of pyridine rings is 1. The molecule has 4 heterocycles. The number of nitrogens with zero attached hydrogens (tertiary/aromatic N) is 4. The molecular formula is C21H31N5O3. The monoisotopic (exact) mass is 401 g/mol. The Hall–Kier alpha value is -2.58. The van der Waals surface area contributed by atoms with Gasteiger partial charge in [0.15, 0.2) is 11.6 Å². The highest BCUT2D eigenvalue weighted by atomic mass is 16.5. The average molecular weight is 402 g/mol. The fourth-order valence-electron chi connectivity index (χ4n) is 3.69. The van der Waals surface area contributed by atoms with Crippen LogP contribution < -0.4 is 10.2 Å². The van der Waals surface area contributed by atoms with Gasteiger partial charge in [-0.1, -0.05) is 0 Å². The maximum Gasteiger partial charge on any atom is 0.247 e. The maximum absolute atomic E-state index is 12.6. The van der Waals surface area contributed by atoms with E-state index in [1.165, 1.54) is 0 Å². The highest BCUT2D eigenvalue weighted by Crippen LogP contribution is 2.30. The van der Waals surface area contributed by atoms with Gasteiger partial charge in [0.25, 0.3) is 0 Å². The van der Waals surface area contributed by atoms with Crippen molar-refractivity contribution in [2.75, 3.05) is 36.5 Å². The second-order valence-electron chi connectivity index (χ2n) is 8.16. The Morgan fingerprint density at radius 3 is 2.76 bits per heavy atom. The van der Waals surface area contributed by atoms with Crippen LogP contribution >= 0.6 is 0 Å². The van der Waals surface area contributed by atoms with Crippen LogP contribution in [0.15, 0.2) is 24.5 Å². The topological polar surface area (TPSA) is 100 Å². The highest BCUT2D eigenvalue weighted by Gasteiger charge is 2.28. The van der Waals surface area contributed by atoms with Crippen molar-refractivity contribution < 1.29 is 17.5 Å². The predicted octanol–water partition coefficient (Wildman–Crippen LogP) is 2.83. The molecule has 0 saturated carbocycles. The van der Waals surface area contributed by atoms with Crippen LogP contribution in [0.5, 0.6) is 0 Å². The normalized spacial score (nSPS) is 17.8. The molecule has 0 atom stereocenters. The summed E-state index contributed by atoms with van der Waals surface area (Å²) in [6, 6.07) is 3.64. The number of rotatable bonds is 5. The molecule has 29 heavy (non-hydrogen) atoms. The number of carbonyl (C=O) groups excluding carboxylic acids is 1. The molecule has 0 spiro atoms. The first-order valence-corrected chi connectivity index (χ1v) is 10.1. The molecule has 0 radical (unpaired) electrons.